The Kier molecular flexibility index (Phi) is 2.63. The molecule has 0 aliphatic rings. The first kappa shape index (κ1) is 10.3. The van der Waals surface area contributed by atoms with Gasteiger partial charge < -0.3 is 5.73 Å². The van der Waals surface area contributed by atoms with Gasteiger partial charge in [-0.2, -0.15) is 5.10 Å². The van der Waals surface area contributed by atoms with Gasteiger partial charge in [0.05, 0.1) is 5.69 Å². The van der Waals surface area contributed by atoms with Crippen LogP contribution in [0.25, 0.3) is 0 Å². The molecule has 16 heavy (non-hydrogen) atoms. The molecule has 0 unspecified atom stereocenters. The highest BCUT2D eigenvalue weighted by Crippen LogP contribution is 2.08. The van der Waals surface area contributed by atoms with E-state index in [2.05, 4.69) is 15.1 Å². The van der Waals surface area contributed by atoms with Gasteiger partial charge in [0.25, 0.3) is 5.91 Å². The molecule has 0 fully saturated rings. The first-order valence-electron chi connectivity index (χ1n) is 4.75. The van der Waals surface area contributed by atoms with Crippen molar-refractivity contribution in [1.82, 2.24) is 19.7 Å². The summed E-state index contributed by atoms with van der Waals surface area (Å²) in [6, 6.07) is 1.86. The fraction of sp³-hybridized carbons (Fsp3) is 0.200. The van der Waals surface area contributed by atoms with Gasteiger partial charge in [-0.1, -0.05) is 0 Å². The van der Waals surface area contributed by atoms with E-state index in [9.17, 15) is 4.79 Å². The summed E-state index contributed by atoms with van der Waals surface area (Å²) in [4.78, 5) is 19.2. The summed E-state index contributed by atoms with van der Waals surface area (Å²) in [6.07, 6.45) is 5.17. The van der Waals surface area contributed by atoms with E-state index in [1.165, 1.54) is 12.4 Å². The van der Waals surface area contributed by atoms with E-state index in [0.717, 1.165) is 5.69 Å². The molecule has 0 saturated heterocycles. The Morgan fingerprint density at radius 2 is 2.12 bits per heavy atom. The molecule has 0 aliphatic heterocycles. The maximum absolute atomic E-state index is 11.1. The molecule has 2 N–H and O–H groups in total. The first-order valence-corrected chi connectivity index (χ1v) is 4.75. The molecule has 0 spiro atoms. The van der Waals surface area contributed by atoms with E-state index in [4.69, 9.17) is 5.73 Å². The molecule has 2 heterocycles. The van der Waals surface area contributed by atoms with Gasteiger partial charge in [0.15, 0.2) is 0 Å². The van der Waals surface area contributed by atoms with Crippen LogP contribution in [0.4, 0.5) is 0 Å². The van der Waals surface area contributed by atoms with Gasteiger partial charge in [-0.15, -0.1) is 0 Å². The van der Waals surface area contributed by atoms with Crippen molar-refractivity contribution in [3.05, 3.63) is 41.7 Å². The third-order valence-corrected chi connectivity index (χ3v) is 2.28. The molecule has 0 saturated carbocycles. The van der Waals surface area contributed by atoms with Crippen LogP contribution in [0.15, 0.2) is 24.7 Å². The van der Waals surface area contributed by atoms with Gasteiger partial charge in [0.1, 0.15) is 5.69 Å². The Morgan fingerprint density at radius 1 is 1.38 bits per heavy atom. The molecule has 0 aliphatic carbocycles. The number of carbonyl (C=O) groups excluding carboxylic acids is 1. The van der Waals surface area contributed by atoms with Gasteiger partial charge in [0, 0.05) is 37.8 Å². The first-order chi connectivity index (χ1) is 7.68. The molecule has 2 aromatic heterocycles. The van der Waals surface area contributed by atoms with E-state index in [0.29, 0.717) is 12.1 Å². The molecular formula is C10H11N5O. The number of nitrogens with two attached hydrogens (primary N) is 1. The monoisotopic (exact) mass is 217 g/mol. The van der Waals surface area contributed by atoms with Crippen molar-refractivity contribution in [2.75, 3.05) is 0 Å². The van der Waals surface area contributed by atoms with E-state index in [1.807, 2.05) is 13.1 Å². The Hall–Kier alpha value is -2.24. The second kappa shape index (κ2) is 4.09. The van der Waals surface area contributed by atoms with Crippen molar-refractivity contribution in [2.45, 2.75) is 6.42 Å². The molecule has 6 nitrogen and oxygen atoms in total. The molecule has 0 atom stereocenters. The van der Waals surface area contributed by atoms with Gasteiger partial charge in [-0.3, -0.25) is 14.5 Å². The highest BCUT2D eigenvalue weighted by molar-refractivity contribution is 5.91. The molecule has 0 bridgehead atoms. The van der Waals surface area contributed by atoms with Crippen LogP contribution in [0.5, 0.6) is 0 Å². The van der Waals surface area contributed by atoms with E-state index < -0.39 is 5.91 Å². The largest absolute Gasteiger partial charge is 0.364 e. The van der Waals surface area contributed by atoms with E-state index in [1.54, 1.807) is 10.9 Å². The fourth-order valence-corrected chi connectivity index (χ4v) is 1.45. The quantitative estimate of drug-likeness (QED) is 0.777. The predicted octanol–water partition coefficient (Wildman–Crippen LogP) is -0.100. The number of hydrogen-bond donors (Lipinski definition) is 1. The van der Waals surface area contributed by atoms with Crippen LogP contribution >= 0.6 is 0 Å². The van der Waals surface area contributed by atoms with E-state index >= 15 is 0 Å². The minimum absolute atomic E-state index is 0.212. The smallest absolute Gasteiger partial charge is 0.269 e. The SMILES string of the molecule is Cn1nccc1Cc1nccnc1C(N)=O. The summed E-state index contributed by atoms with van der Waals surface area (Å²) >= 11 is 0. The maximum Gasteiger partial charge on any atom is 0.269 e. The van der Waals surface area contributed by atoms with Crippen molar-refractivity contribution in [3.8, 4) is 0 Å². The van der Waals surface area contributed by atoms with Crippen molar-refractivity contribution < 1.29 is 4.79 Å². The van der Waals surface area contributed by atoms with Crippen molar-refractivity contribution >= 4 is 5.91 Å². The van der Waals surface area contributed by atoms with Crippen LogP contribution < -0.4 is 5.73 Å². The second-order valence-electron chi connectivity index (χ2n) is 3.34. The number of hydrogen-bond acceptors (Lipinski definition) is 4. The number of primary amides is 1. The Morgan fingerprint density at radius 3 is 2.75 bits per heavy atom. The van der Waals surface area contributed by atoms with Crippen LogP contribution in [0.1, 0.15) is 21.9 Å². The zero-order chi connectivity index (χ0) is 11.5. The number of carbonyl (C=O) groups is 1. The second-order valence-corrected chi connectivity index (χ2v) is 3.34. The van der Waals surface area contributed by atoms with Crippen LogP contribution in [-0.4, -0.2) is 25.7 Å². The predicted molar refractivity (Wildman–Crippen MR) is 56.6 cm³/mol. The number of amides is 1. The Labute approximate surface area is 92.1 Å². The minimum Gasteiger partial charge on any atom is -0.364 e. The molecule has 6 heteroatoms. The van der Waals surface area contributed by atoms with Gasteiger partial charge in [-0.25, -0.2) is 4.98 Å². The fourth-order valence-electron chi connectivity index (χ4n) is 1.45. The third-order valence-electron chi connectivity index (χ3n) is 2.28. The molecule has 2 rings (SSSR count). The van der Waals surface area contributed by atoms with E-state index in [-0.39, 0.29) is 5.69 Å². The van der Waals surface area contributed by atoms with Gasteiger partial charge >= 0.3 is 0 Å². The highest BCUT2D eigenvalue weighted by atomic mass is 16.1. The maximum atomic E-state index is 11.1. The lowest BCUT2D eigenvalue weighted by molar-refractivity contribution is 0.0994. The summed E-state index contributed by atoms with van der Waals surface area (Å²) in [5.41, 5.74) is 6.94. The number of aryl methyl sites for hydroxylation is 1. The Balaban J connectivity index is 2.35. The number of aromatic nitrogens is 4. The molecular weight excluding hydrogens is 206 g/mol. The molecule has 0 aromatic carbocycles. The average molecular weight is 217 g/mol. The molecule has 2 aromatic rings. The average Bonchev–Trinajstić information content (AvgIpc) is 2.65. The van der Waals surface area contributed by atoms with Crippen molar-refractivity contribution in [1.29, 1.82) is 0 Å². The lowest BCUT2D eigenvalue weighted by Crippen LogP contribution is -2.17. The highest BCUT2D eigenvalue weighted by Gasteiger charge is 2.12. The summed E-state index contributed by atoms with van der Waals surface area (Å²) in [7, 11) is 1.83. The topological polar surface area (TPSA) is 86.7 Å². The van der Waals surface area contributed by atoms with Crippen LogP contribution in [-0.2, 0) is 13.5 Å². The molecule has 1 amide bonds. The van der Waals surface area contributed by atoms with Crippen molar-refractivity contribution in [3.63, 3.8) is 0 Å². The van der Waals surface area contributed by atoms with Crippen molar-refractivity contribution in [2.24, 2.45) is 12.8 Å². The number of rotatable bonds is 3. The molecule has 0 radical (unpaired) electrons. The third kappa shape index (κ3) is 1.90. The Bertz CT molecular complexity index is 519. The lowest BCUT2D eigenvalue weighted by Gasteiger charge is -2.04. The summed E-state index contributed by atoms with van der Waals surface area (Å²) in [5, 5.41) is 4.04. The standard InChI is InChI=1S/C10H11N5O/c1-15-7(2-3-14-15)6-8-9(10(11)16)13-5-4-12-8/h2-5H,6H2,1H3,(H2,11,16). The molecule has 82 valence electrons. The lowest BCUT2D eigenvalue weighted by atomic mass is 10.2. The minimum atomic E-state index is -0.565. The zero-order valence-corrected chi connectivity index (χ0v) is 8.79. The zero-order valence-electron chi connectivity index (χ0n) is 8.79. The summed E-state index contributed by atoms with van der Waals surface area (Å²) in [5.74, 6) is -0.565. The van der Waals surface area contributed by atoms with Crippen LogP contribution in [0, 0.1) is 0 Å². The summed E-state index contributed by atoms with van der Waals surface area (Å²) < 4.78 is 1.72. The van der Waals surface area contributed by atoms with Gasteiger partial charge in [-0.05, 0) is 6.07 Å². The van der Waals surface area contributed by atoms with Gasteiger partial charge in [0.2, 0.25) is 0 Å². The summed E-state index contributed by atoms with van der Waals surface area (Å²) in [6.45, 7) is 0. The van der Waals surface area contributed by atoms with Crippen LogP contribution in [0.2, 0.25) is 0 Å². The number of nitrogens with zero attached hydrogens (tertiary/aromatic N) is 4. The normalized spacial score (nSPS) is 10.3. The van der Waals surface area contributed by atoms with Crippen LogP contribution in [0.3, 0.4) is 0 Å².